The van der Waals surface area contributed by atoms with Gasteiger partial charge in [0.25, 0.3) is 0 Å². The van der Waals surface area contributed by atoms with E-state index in [1.165, 1.54) is 11.3 Å². The predicted molar refractivity (Wildman–Crippen MR) is 100.0 cm³/mol. The van der Waals surface area contributed by atoms with Crippen LogP contribution >= 0.6 is 11.3 Å². The number of anilines is 2. The zero-order chi connectivity index (χ0) is 18.7. The van der Waals surface area contributed by atoms with Gasteiger partial charge in [0.05, 0.1) is 5.39 Å². The molecule has 2 heterocycles. The van der Waals surface area contributed by atoms with Crippen molar-refractivity contribution >= 4 is 33.1 Å². The van der Waals surface area contributed by atoms with Crippen LogP contribution < -0.4 is 10.2 Å². The van der Waals surface area contributed by atoms with Gasteiger partial charge in [0, 0.05) is 30.7 Å². The van der Waals surface area contributed by atoms with E-state index in [9.17, 15) is 13.2 Å². The van der Waals surface area contributed by atoms with Gasteiger partial charge in [-0.25, -0.2) is 9.97 Å². The summed E-state index contributed by atoms with van der Waals surface area (Å²) in [6.45, 7) is 3.15. The normalized spacial score (nSPS) is 11.7. The summed E-state index contributed by atoms with van der Waals surface area (Å²) in [5.41, 5.74) is 1.10. The SMILES string of the molecule is Cc1cc2c(NCCCN(C)c3ccccc3)nc(C(F)(F)F)nc2s1. The topological polar surface area (TPSA) is 41.0 Å². The average molecular weight is 380 g/mol. The van der Waals surface area contributed by atoms with Crippen LogP contribution in [0.15, 0.2) is 36.4 Å². The molecule has 0 aliphatic heterocycles. The number of alkyl halides is 3. The number of nitrogens with zero attached hydrogens (tertiary/aromatic N) is 3. The van der Waals surface area contributed by atoms with Crippen molar-refractivity contribution < 1.29 is 13.2 Å². The lowest BCUT2D eigenvalue weighted by molar-refractivity contribution is -0.144. The van der Waals surface area contributed by atoms with E-state index in [4.69, 9.17) is 0 Å². The maximum absolute atomic E-state index is 13.0. The molecule has 0 amide bonds. The number of fused-ring (bicyclic) bond motifs is 1. The minimum atomic E-state index is -4.56. The molecule has 0 atom stereocenters. The third-order valence-corrected chi connectivity index (χ3v) is 4.87. The first-order valence-electron chi connectivity index (χ1n) is 8.20. The summed E-state index contributed by atoms with van der Waals surface area (Å²) in [5.74, 6) is -0.857. The van der Waals surface area contributed by atoms with Gasteiger partial charge >= 0.3 is 6.18 Å². The van der Waals surface area contributed by atoms with E-state index in [2.05, 4.69) is 20.2 Å². The van der Waals surface area contributed by atoms with E-state index in [-0.39, 0.29) is 5.82 Å². The van der Waals surface area contributed by atoms with Crippen molar-refractivity contribution in [2.45, 2.75) is 19.5 Å². The molecule has 4 nitrogen and oxygen atoms in total. The molecule has 3 rings (SSSR count). The number of aromatic nitrogens is 2. The Morgan fingerprint density at radius 1 is 1.15 bits per heavy atom. The van der Waals surface area contributed by atoms with E-state index >= 15 is 0 Å². The Kier molecular flexibility index (Phi) is 5.31. The molecule has 0 aliphatic carbocycles. The maximum Gasteiger partial charge on any atom is 0.451 e. The Morgan fingerprint density at radius 2 is 1.88 bits per heavy atom. The van der Waals surface area contributed by atoms with Crippen LogP contribution in [0.25, 0.3) is 10.2 Å². The molecule has 0 unspecified atom stereocenters. The number of hydrogen-bond donors (Lipinski definition) is 1. The largest absolute Gasteiger partial charge is 0.451 e. The van der Waals surface area contributed by atoms with Crippen molar-refractivity contribution in [2.75, 3.05) is 30.4 Å². The fourth-order valence-corrected chi connectivity index (χ4v) is 3.52. The fourth-order valence-electron chi connectivity index (χ4n) is 2.64. The zero-order valence-electron chi connectivity index (χ0n) is 14.5. The van der Waals surface area contributed by atoms with E-state index in [1.807, 2.05) is 50.4 Å². The highest BCUT2D eigenvalue weighted by Crippen LogP contribution is 2.33. The van der Waals surface area contributed by atoms with Crippen LogP contribution in [0.2, 0.25) is 0 Å². The number of nitrogens with one attached hydrogen (secondary N) is 1. The van der Waals surface area contributed by atoms with Crippen LogP contribution in [-0.2, 0) is 6.18 Å². The summed E-state index contributed by atoms with van der Waals surface area (Å²) in [4.78, 5) is 10.7. The van der Waals surface area contributed by atoms with Gasteiger partial charge in [-0.05, 0) is 31.5 Å². The van der Waals surface area contributed by atoms with Gasteiger partial charge < -0.3 is 10.2 Å². The Hall–Kier alpha value is -2.35. The molecule has 0 spiro atoms. The van der Waals surface area contributed by atoms with Crippen molar-refractivity contribution in [1.29, 1.82) is 0 Å². The van der Waals surface area contributed by atoms with Crippen molar-refractivity contribution in [2.24, 2.45) is 0 Å². The van der Waals surface area contributed by atoms with Gasteiger partial charge in [0.15, 0.2) is 0 Å². The van der Waals surface area contributed by atoms with Crippen LogP contribution in [-0.4, -0.2) is 30.1 Å². The van der Waals surface area contributed by atoms with E-state index in [0.717, 1.165) is 23.5 Å². The van der Waals surface area contributed by atoms with Crippen LogP contribution in [0.1, 0.15) is 17.1 Å². The standard InChI is InChI=1S/C18H19F3N4S/c1-12-11-14-15(23-17(18(19,20)21)24-16(14)26-12)22-9-6-10-25(2)13-7-4-3-5-8-13/h3-5,7-8,11H,6,9-10H2,1-2H3,(H,22,23,24). The highest BCUT2D eigenvalue weighted by molar-refractivity contribution is 7.18. The molecule has 138 valence electrons. The summed E-state index contributed by atoms with van der Waals surface area (Å²) < 4.78 is 39.1. The molecule has 2 aromatic heterocycles. The molecule has 0 bridgehead atoms. The van der Waals surface area contributed by atoms with Crippen molar-refractivity contribution in [3.05, 3.63) is 47.1 Å². The lowest BCUT2D eigenvalue weighted by Crippen LogP contribution is -2.21. The van der Waals surface area contributed by atoms with Crippen LogP contribution in [0.4, 0.5) is 24.7 Å². The number of hydrogen-bond acceptors (Lipinski definition) is 5. The number of aryl methyl sites for hydroxylation is 1. The van der Waals surface area contributed by atoms with Crippen molar-refractivity contribution in [3.63, 3.8) is 0 Å². The molecular formula is C18H19F3N4S. The summed E-state index contributed by atoms with van der Waals surface area (Å²) >= 11 is 1.24. The Bertz CT molecular complexity index is 877. The number of halogens is 3. The summed E-state index contributed by atoms with van der Waals surface area (Å²) in [6.07, 6.45) is -3.79. The fraction of sp³-hybridized carbons (Fsp3) is 0.333. The van der Waals surface area contributed by atoms with E-state index in [0.29, 0.717) is 16.8 Å². The summed E-state index contributed by atoms with van der Waals surface area (Å²) in [7, 11) is 1.99. The summed E-state index contributed by atoms with van der Waals surface area (Å²) in [5, 5.41) is 3.69. The monoisotopic (exact) mass is 380 g/mol. The molecule has 0 saturated heterocycles. The van der Waals surface area contributed by atoms with Crippen molar-refractivity contribution in [1.82, 2.24) is 9.97 Å². The molecule has 1 aromatic carbocycles. The Labute approximate surface area is 153 Å². The lowest BCUT2D eigenvalue weighted by Gasteiger charge is -2.19. The van der Waals surface area contributed by atoms with Gasteiger partial charge in [0.2, 0.25) is 5.82 Å². The van der Waals surface area contributed by atoms with Crippen LogP contribution in [0.3, 0.4) is 0 Å². The number of thiophene rings is 1. The first-order valence-corrected chi connectivity index (χ1v) is 9.01. The van der Waals surface area contributed by atoms with Gasteiger partial charge in [-0.3, -0.25) is 0 Å². The highest BCUT2D eigenvalue weighted by Gasteiger charge is 2.35. The maximum atomic E-state index is 13.0. The molecule has 1 N–H and O–H groups in total. The molecule has 8 heteroatoms. The van der Waals surface area contributed by atoms with Gasteiger partial charge in [-0.15, -0.1) is 11.3 Å². The molecule has 3 aromatic rings. The second-order valence-electron chi connectivity index (χ2n) is 6.01. The third-order valence-electron chi connectivity index (χ3n) is 3.93. The number of para-hydroxylation sites is 1. The molecule has 0 radical (unpaired) electrons. The van der Waals surface area contributed by atoms with Gasteiger partial charge in [0.1, 0.15) is 10.6 Å². The zero-order valence-corrected chi connectivity index (χ0v) is 15.3. The smallest absolute Gasteiger partial charge is 0.375 e. The van der Waals surface area contributed by atoms with Crippen molar-refractivity contribution in [3.8, 4) is 0 Å². The molecule has 0 saturated carbocycles. The molecule has 0 fully saturated rings. The quantitative estimate of drug-likeness (QED) is 0.614. The first-order chi connectivity index (χ1) is 12.3. The Morgan fingerprint density at radius 3 is 2.58 bits per heavy atom. The number of benzene rings is 1. The minimum Gasteiger partial charge on any atom is -0.375 e. The lowest BCUT2D eigenvalue weighted by atomic mass is 10.3. The molecule has 0 aliphatic rings. The molecular weight excluding hydrogens is 361 g/mol. The van der Waals surface area contributed by atoms with Crippen LogP contribution in [0.5, 0.6) is 0 Å². The average Bonchev–Trinajstić information content (AvgIpc) is 2.98. The van der Waals surface area contributed by atoms with E-state index in [1.54, 1.807) is 0 Å². The second-order valence-corrected chi connectivity index (χ2v) is 7.24. The van der Waals surface area contributed by atoms with Gasteiger partial charge in [-0.2, -0.15) is 13.2 Å². The van der Waals surface area contributed by atoms with E-state index < -0.39 is 12.0 Å². The minimum absolute atomic E-state index is 0.244. The number of rotatable bonds is 6. The Balaban J connectivity index is 1.68. The van der Waals surface area contributed by atoms with Gasteiger partial charge in [-0.1, -0.05) is 18.2 Å². The second kappa shape index (κ2) is 7.49. The highest BCUT2D eigenvalue weighted by atomic mass is 32.1. The molecule has 26 heavy (non-hydrogen) atoms. The summed E-state index contributed by atoms with van der Waals surface area (Å²) in [6, 6.07) is 11.8. The third kappa shape index (κ3) is 4.24. The van der Waals surface area contributed by atoms with Crippen LogP contribution in [0, 0.1) is 6.92 Å². The first kappa shape index (κ1) is 18.4. The predicted octanol–water partition coefficient (Wildman–Crippen LogP) is 4.96.